The van der Waals surface area contributed by atoms with Gasteiger partial charge in [-0.15, -0.1) is 11.8 Å². The summed E-state index contributed by atoms with van der Waals surface area (Å²) < 4.78 is 10.4. The summed E-state index contributed by atoms with van der Waals surface area (Å²) >= 11 is 1.65. The number of ether oxygens (including phenoxy) is 2. The molecule has 26 heavy (non-hydrogen) atoms. The topological polar surface area (TPSA) is 89.0 Å². The zero-order chi connectivity index (χ0) is 18.4. The average Bonchev–Trinajstić information content (AvgIpc) is 3.14. The van der Waals surface area contributed by atoms with E-state index in [0.717, 1.165) is 10.5 Å². The van der Waals surface area contributed by atoms with Gasteiger partial charge in [0.2, 0.25) is 6.79 Å². The van der Waals surface area contributed by atoms with Crippen LogP contribution in [0.1, 0.15) is 15.9 Å². The number of fused-ring (bicyclic) bond motifs is 1. The van der Waals surface area contributed by atoms with Crippen LogP contribution in [0.5, 0.6) is 11.5 Å². The molecule has 3 rings (SSSR count). The highest BCUT2D eigenvalue weighted by molar-refractivity contribution is 7.98. The maximum Gasteiger partial charge on any atom is 0.259 e. The number of carbonyl (C=O) groups is 2. The molecule has 2 N–H and O–H groups in total. The Hall–Kier alpha value is -3.00. The first kappa shape index (κ1) is 17.8. The van der Waals surface area contributed by atoms with Crippen molar-refractivity contribution in [2.24, 2.45) is 5.10 Å². The smallest absolute Gasteiger partial charge is 0.259 e. The number of carbonyl (C=O) groups excluding carboxylic acids is 2. The summed E-state index contributed by atoms with van der Waals surface area (Å²) in [5, 5.41) is 6.41. The molecule has 2 aromatic rings. The van der Waals surface area contributed by atoms with Crippen LogP contribution in [-0.4, -0.2) is 37.6 Å². The zero-order valence-electron chi connectivity index (χ0n) is 14.0. The first-order valence-electron chi connectivity index (χ1n) is 7.79. The number of nitrogens with zero attached hydrogens (tertiary/aromatic N) is 1. The molecule has 0 aromatic heterocycles. The van der Waals surface area contributed by atoms with Crippen LogP contribution in [0.4, 0.5) is 0 Å². The van der Waals surface area contributed by atoms with Crippen molar-refractivity contribution in [1.29, 1.82) is 0 Å². The van der Waals surface area contributed by atoms with Crippen molar-refractivity contribution < 1.29 is 19.1 Å². The third kappa shape index (κ3) is 4.54. The molecule has 2 aromatic carbocycles. The van der Waals surface area contributed by atoms with Crippen LogP contribution >= 0.6 is 11.8 Å². The molecule has 8 heteroatoms. The summed E-state index contributed by atoms with van der Waals surface area (Å²) in [5.74, 6) is 0.310. The third-order valence-electron chi connectivity index (χ3n) is 3.56. The lowest BCUT2D eigenvalue weighted by Crippen LogP contribution is -2.34. The van der Waals surface area contributed by atoms with E-state index in [1.807, 2.05) is 30.5 Å². The molecular weight excluding hydrogens is 354 g/mol. The number of hydrogen-bond acceptors (Lipinski definition) is 6. The summed E-state index contributed by atoms with van der Waals surface area (Å²) in [6.07, 6.45) is 3.54. The Balaban J connectivity index is 1.46. The third-order valence-corrected chi connectivity index (χ3v) is 4.31. The van der Waals surface area contributed by atoms with Crippen molar-refractivity contribution >= 4 is 29.8 Å². The molecule has 0 aliphatic carbocycles. The van der Waals surface area contributed by atoms with Gasteiger partial charge in [-0.2, -0.15) is 5.10 Å². The number of amides is 2. The van der Waals surface area contributed by atoms with Crippen molar-refractivity contribution in [2.75, 3.05) is 19.6 Å². The fourth-order valence-corrected chi connectivity index (χ4v) is 2.62. The summed E-state index contributed by atoms with van der Waals surface area (Å²) in [6.45, 7) is -0.0448. The number of rotatable bonds is 6. The van der Waals surface area contributed by atoms with E-state index >= 15 is 0 Å². The molecule has 1 aliphatic rings. The van der Waals surface area contributed by atoms with E-state index in [0.29, 0.717) is 17.1 Å². The highest BCUT2D eigenvalue weighted by Gasteiger charge is 2.16. The van der Waals surface area contributed by atoms with Crippen LogP contribution < -0.4 is 20.2 Å². The Labute approximate surface area is 154 Å². The molecule has 0 saturated heterocycles. The van der Waals surface area contributed by atoms with E-state index in [1.165, 1.54) is 0 Å². The van der Waals surface area contributed by atoms with E-state index in [-0.39, 0.29) is 19.2 Å². The van der Waals surface area contributed by atoms with Crippen molar-refractivity contribution in [3.63, 3.8) is 0 Å². The molecule has 0 bridgehead atoms. The number of benzene rings is 2. The SMILES string of the molecule is CSc1ccc(/C=N\NC(=O)CNC(=O)c2ccc3c(c2)OCO3)cc1. The molecule has 0 saturated carbocycles. The maximum absolute atomic E-state index is 12.1. The lowest BCUT2D eigenvalue weighted by Gasteiger charge is -2.05. The lowest BCUT2D eigenvalue weighted by atomic mass is 10.2. The number of hydrazone groups is 1. The molecule has 0 unspecified atom stereocenters. The van der Waals surface area contributed by atoms with E-state index in [1.54, 1.807) is 36.2 Å². The number of hydrogen-bond donors (Lipinski definition) is 2. The fourth-order valence-electron chi connectivity index (χ4n) is 2.21. The highest BCUT2D eigenvalue weighted by Crippen LogP contribution is 2.32. The summed E-state index contributed by atoms with van der Waals surface area (Å²) in [4.78, 5) is 25.0. The van der Waals surface area contributed by atoms with Crippen molar-refractivity contribution in [2.45, 2.75) is 4.90 Å². The Morgan fingerprint density at radius 2 is 1.92 bits per heavy atom. The van der Waals surface area contributed by atoms with Gasteiger partial charge in [0.1, 0.15) is 0 Å². The minimum absolute atomic E-state index is 0.140. The molecule has 7 nitrogen and oxygen atoms in total. The Bertz CT molecular complexity index is 837. The van der Waals surface area contributed by atoms with Gasteiger partial charge in [-0.3, -0.25) is 9.59 Å². The van der Waals surface area contributed by atoms with Gasteiger partial charge in [-0.05, 0) is 42.2 Å². The van der Waals surface area contributed by atoms with Crippen LogP contribution in [0.3, 0.4) is 0 Å². The van der Waals surface area contributed by atoms with E-state index in [9.17, 15) is 9.59 Å². The second-order valence-corrected chi connectivity index (χ2v) is 6.20. The highest BCUT2D eigenvalue weighted by atomic mass is 32.2. The summed E-state index contributed by atoms with van der Waals surface area (Å²) in [7, 11) is 0. The minimum Gasteiger partial charge on any atom is -0.454 e. The minimum atomic E-state index is -0.420. The predicted octanol–water partition coefficient (Wildman–Crippen LogP) is 2.02. The molecule has 0 atom stereocenters. The van der Waals surface area contributed by atoms with Gasteiger partial charge in [-0.1, -0.05) is 12.1 Å². The van der Waals surface area contributed by atoms with E-state index in [4.69, 9.17) is 9.47 Å². The van der Waals surface area contributed by atoms with Crippen molar-refractivity contribution in [1.82, 2.24) is 10.7 Å². The van der Waals surface area contributed by atoms with Crippen LogP contribution in [0.2, 0.25) is 0 Å². The molecular formula is C18H17N3O4S. The zero-order valence-corrected chi connectivity index (χ0v) is 14.8. The van der Waals surface area contributed by atoms with Crippen LogP contribution in [0.25, 0.3) is 0 Å². The molecule has 0 spiro atoms. The maximum atomic E-state index is 12.1. The van der Waals surface area contributed by atoms with Crippen LogP contribution in [0, 0.1) is 0 Å². The molecule has 2 amide bonds. The Kier molecular flexibility index (Phi) is 5.75. The van der Waals surface area contributed by atoms with Gasteiger partial charge in [0.25, 0.3) is 11.8 Å². The van der Waals surface area contributed by atoms with E-state index in [2.05, 4.69) is 15.8 Å². The number of nitrogens with one attached hydrogen (secondary N) is 2. The van der Waals surface area contributed by atoms with Crippen LogP contribution in [-0.2, 0) is 4.79 Å². The Morgan fingerprint density at radius 3 is 2.69 bits per heavy atom. The normalized spacial score (nSPS) is 12.2. The summed E-state index contributed by atoms with van der Waals surface area (Å²) in [6, 6.07) is 12.6. The van der Waals surface area contributed by atoms with Gasteiger partial charge in [0.15, 0.2) is 11.5 Å². The van der Waals surface area contributed by atoms with Gasteiger partial charge >= 0.3 is 0 Å². The fraction of sp³-hybridized carbons (Fsp3) is 0.167. The van der Waals surface area contributed by atoms with Gasteiger partial charge in [0.05, 0.1) is 12.8 Å². The standard InChI is InChI=1S/C18H17N3O4S/c1-26-14-5-2-12(3-6-14)9-20-21-17(22)10-19-18(23)13-4-7-15-16(8-13)25-11-24-15/h2-9H,10-11H2,1H3,(H,19,23)(H,21,22)/b20-9-. The van der Waals surface area contributed by atoms with E-state index < -0.39 is 5.91 Å². The molecule has 134 valence electrons. The Morgan fingerprint density at radius 1 is 1.15 bits per heavy atom. The molecule has 1 aliphatic heterocycles. The van der Waals surface area contributed by atoms with Gasteiger partial charge in [0, 0.05) is 10.5 Å². The number of thioether (sulfide) groups is 1. The monoisotopic (exact) mass is 371 g/mol. The van der Waals surface area contributed by atoms with Gasteiger partial charge in [-0.25, -0.2) is 5.43 Å². The first-order valence-corrected chi connectivity index (χ1v) is 9.02. The van der Waals surface area contributed by atoms with Gasteiger partial charge < -0.3 is 14.8 Å². The van der Waals surface area contributed by atoms with Crippen molar-refractivity contribution in [3.05, 3.63) is 53.6 Å². The van der Waals surface area contributed by atoms with Crippen LogP contribution in [0.15, 0.2) is 52.5 Å². The summed E-state index contributed by atoms with van der Waals surface area (Å²) in [5.41, 5.74) is 3.63. The molecule has 1 heterocycles. The first-order chi connectivity index (χ1) is 12.7. The molecule has 0 radical (unpaired) electrons. The second-order valence-electron chi connectivity index (χ2n) is 5.32. The average molecular weight is 371 g/mol. The van der Waals surface area contributed by atoms with Crippen molar-refractivity contribution in [3.8, 4) is 11.5 Å². The second kappa shape index (κ2) is 8.39. The largest absolute Gasteiger partial charge is 0.454 e. The predicted molar refractivity (Wildman–Crippen MR) is 98.9 cm³/mol. The quantitative estimate of drug-likeness (QED) is 0.461. The lowest BCUT2D eigenvalue weighted by molar-refractivity contribution is -0.120. The molecule has 0 fully saturated rings.